The van der Waals surface area contributed by atoms with Crippen LogP contribution in [-0.2, 0) is 13.1 Å². The first-order valence-electron chi connectivity index (χ1n) is 7.32. The van der Waals surface area contributed by atoms with E-state index in [0.717, 1.165) is 43.1 Å². The van der Waals surface area contributed by atoms with Crippen molar-refractivity contribution in [2.24, 2.45) is 0 Å². The van der Waals surface area contributed by atoms with Gasteiger partial charge in [-0.25, -0.2) is 4.98 Å². The van der Waals surface area contributed by atoms with Crippen LogP contribution in [-0.4, -0.2) is 16.1 Å². The van der Waals surface area contributed by atoms with Gasteiger partial charge < -0.3 is 14.3 Å². The zero-order chi connectivity index (χ0) is 15.2. The fraction of sp³-hybridized carbons (Fsp3) is 0.235. The summed E-state index contributed by atoms with van der Waals surface area (Å²) in [5.74, 6) is 1.77. The standard InChI is InChI=1S/C17H18ClN3O.2ClH/c18-15-4-1-3-14(11-15)17-6-5-16(22-17)12-19-7-2-9-21-10-8-20-13-21;;/h1,3-6,8,10-11,13,19H,2,7,9,12H2;2*1H. The first-order chi connectivity index (χ1) is 10.8. The van der Waals surface area contributed by atoms with E-state index in [1.165, 1.54) is 0 Å². The summed E-state index contributed by atoms with van der Waals surface area (Å²) in [6, 6.07) is 11.7. The third kappa shape index (κ3) is 5.87. The highest BCUT2D eigenvalue weighted by Crippen LogP contribution is 2.24. The number of halogens is 3. The van der Waals surface area contributed by atoms with Gasteiger partial charge in [0.05, 0.1) is 12.9 Å². The predicted molar refractivity (Wildman–Crippen MR) is 102 cm³/mol. The minimum atomic E-state index is 0. The molecule has 0 amide bonds. The van der Waals surface area contributed by atoms with E-state index < -0.39 is 0 Å². The number of hydrogen-bond acceptors (Lipinski definition) is 3. The van der Waals surface area contributed by atoms with Gasteiger partial charge in [0.15, 0.2) is 0 Å². The van der Waals surface area contributed by atoms with Gasteiger partial charge in [0.25, 0.3) is 0 Å². The van der Waals surface area contributed by atoms with Gasteiger partial charge in [0.1, 0.15) is 11.5 Å². The molecule has 3 aromatic rings. The number of imidazole rings is 1. The molecule has 4 nitrogen and oxygen atoms in total. The maximum Gasteiger partial charge on any atom is 0.134 e. The first kappa shape index (κ1) is 20.6. The molecule has 130 valence electrons. The van der Waals surface area contributed by atoms with E-state index in [-0.39, 0.29) is 24.8 Å². The van der Waals surface area contributed by atoms with E-state index in [9.17, 15) is 0 Å². The molecule has 0 unspecified atom stereocenters. The van der Waals surface area contributed by atoms with Crippen LogP contribution in [0.2, 0.25) is 5.02 Å². The highest BCUT2D eigenvalue weighted by atomic mass is 35.5. The second-order valence-corrected chi connectivity index (χ2v) is 5.54. The van der Waals surface area contributed by atoms with Gasteiger partial charge in [-0.05, 0) is 37.2 Å². The summed E-state index contributed by atoms with van der Waals surface area (Å²) in [6.45, 7) is 2.63. The summed E-state index contributed by atoms with van der Waals surface area (Å²) >= 11 is 6.00. The van der Waals surface area contributed by atoms with Crippen LogP contribution in [0.1, 0.15) is 12.2 Å². The Kier molecular flexibility index (Phi) is 8.93. The van der Waals surface area contributed by atoms with Gasteiger partial charge in [0.2, 0.25) is 0 Å². The summed E-state index contributed by atoms with van der Waals surface area (Å²) < 4.78 is 7.92. The van der Waals surface area contributed by atoms with Crippen LogP contribution in [0.15, 0.2) is 59.5 Å². The third-order valence-corrected chi connectivity index (χ3v) is 3.63. The average molecular weight is 389 g/mol. The fourth-order valence-corrected chi connectivity index (χ4v) is 2.48. The Labute approximate surface area is 159 Å². The number of hydrogen-bond donors (Lipinski definition) is 1. The van der Waals surface area contributed by atoms with Crippen molar-refractivity contribution in [3.05, 3.63) is 65.9 Å². The van der Waals surface area contributed by atoms with Crippen molar-refractivity contribution < 1.29 is 4.42 Å². The van der Waals surface area contributed by atoms with E-state index in [1.807, 2.05) is 48.9 Å². The molecule has 0 spiro atoms. The average Bonchev–Trinajstić information content (AvgIpc) is 3.18. The van der Waals surface area contributed by atoms with E-state index in [0.29, 0.717) is 5.02 Å². The molecule has 0 radical (unpaired) electrons. The molecule has 2 heterocycles. The van der Waals surface area contributed by atoms with Crippen molar-refractivity contribution in [1.82, 2.24) is 14.9 Å². The number of nitrogens with zero attached hydrogens (tertiary/aromatic N) is 2. The monoisotopic (exact) mass is 387 g/mol. The lowest BCUT2D eigenvalue weighted by atomic mass is 10.2. The van der Waals surface area contributed by atoms with Gasteiger partial charge in [-0.1, -0.05) is 23.7 Å². The molecule has 0 aliphatic carbocycles. The summed E-state index contributed by atoms with van der Waals surface area (Å²) in [5, 5.41) is 4.10. The maximum absolute atomic E-state index is 6.00. The maximum atomic E-state index is 6.00. The third-order valence-electron chi connectivity index (χ3n) is 3.40. The number of furan rings is 1. The Morgan fingerprint density at radius 2 is 2.04 bits per heavy atom. The van der Waals surface area contributed by atoms with Crippen LogP contribution in [0, 0.1) is 0 Å². The lowest BCUT2D eigenvalue weighted by molar-refractivity contribution is 0.484. The number of rotatable bonds is 7. The quantitative estimate of drug-likeness (QED) is 0.590. The van der Waals surface area contributed by atoms with Crippen molar-refractivity contribution in [1.29, 1.82) is 0 Å². The van der Waals surface area contributed by atoms with E-state index >= 15 is 0 Å². The van der Waals surface area contributed by atoms with Crippen LogP contribution >= 0.6 is 36.4 Å². The van der Waals surface area contributed by atoms with Gasteiger partial charge in [0, 0.05) is 29.5 Å². The SMILES string of the molecule is Cl.Cl.Clc1cccc(-c2ccc(CNCCCn3ccnc3)o2)c1. The summed E-state index contributed by atoms with van der Waals surface area (Å²) in [5.41, 5.74) is 0.999. The lowest BCUT2D eigenvalue weighted by Crippen LogP contribution is -2.15. The highest BCUT2D eigenvalue weighted by Gasteiger charge is 2.05. The molecule has 1 aromatic carbocycles. The van der Waals surface area contributed by atoms with Crippen molar-refractivity contribution >= 4 is 36.4 Å². The zero-order valence-corrected chi connectivity index (χ0v) is 15.4. The molecule has 0 fully saturated rings. The smallest absolute Gasteiger partial charge is 0.134 e. The molecule has 1 N–H and O–H groups in total. The minimum Gasteiger partial charge on any atom is -0.460 e. The van der Waals surface area contributed by atoms with Crippen molar-refractivity contribution in [3.63, 3.8) is 0 Å². The Balaban J connectivity index is 0.00000144. The summed E-state index contributed by atoms with van der Waals surface area (Å²) in [4.78, 5) is 4.02. The molecule has 2 aromatic heterocycles. The zero-order valence-electron chi connectivity index (χ0n) is 13.0. The largest absolute Gasteiger partial charge is 0.460 e. The Morgan fingerprint density at radius 3 is 2.79 bits per heavy atom. The second-order valence-electron chi connectivity index (χ2n) is 5.11. The molecule has 0 atom stereocenters. The van der Waals surface area contributed by atoms with Crippen LogP contribution in [0.25, 0.3) is 11.3 Å². The van der Waals surface area contributed by atoms with Gasteiger partial charge in [-0.3, -0.25) is 0 Å². The van der Waals surface area contributed by atoms with Crippen molar-refractivity contribution in [2.75, 3.05) is 6.54 Å². The Bertz CT molecular complexity index is 713. The predicted octanol–water partition coefficient (Wildman–Crippen LogP) is 4.82. The molecule has 24 heavy (non-hydrogen) atoms. The minimum absolute atomic E-state index is 0. The molecule has 0 aliphatic rings. The first-order valence-corrected chi connectivity index (χ1v) is 7.70. The molecule has 0 saturated carbocycles. The van der Waals surface area contributed by atoms with E-state index in [2.05, 4.69) is 14.9 Å². The van der Waals surface area contributed by atoms with Crippen LogP contribution in [0.5, 0.6) is 0 Å². The molecular formula is C17H20Cl3N3O. The number of benzene rings is 1. The Hall–Kier alpha value is -1.46. The topological polar surface area (TPSA) is 43.0 Å². The number of aromatic nitrogens is 2. The van der Waals surface area contributed by atoms with Gasteiger partial charge in [-0.15, -0.1) is 24.8 Å². The molecule has 7 heteroatoms. The van der Waals surface area contributed by atoms with E-state index in [1.54, 1.807) is 6.20 Å². The summed E-state index contributed by atoms with van der Waals surface area (Å²) in [7, 11) is 0. The van der Waals surface area contributed by atoms with Crippen LogP contribution < -0.4 is 5.32 Å². The fourth-order valence-electron chi connectivity index (χ4n) is 2.29. The number of nitrogens with one attached hydrogen (secondary N) is 1. The van der Waals surface area contributed by atoms with Crippen molar-refractivity contribution in [2.45, 2.75) is 19.5 Å². The van der Waals surface area contributed by atoms with Gasteiger partial charge in [-0.2, -0.15) is 0 Å². The molecule has 0 bridgehead atoms. The van der Waals surface area contributed by atoms with E-state index in [4.69, 9.17) is 16.0 Å². The number of aryl methyl sites for hydroxylation is 1. The molecule has 0 saturated heterocycles. The summed E-state index contributed by atoms with van der Waals surface area (Å²) in [6.07, 6.45) is 6.67. The van der Waals surface area contributed by atoms with Crippen LogP contribution in [0.3, 0.4) is 0 Å². The lowest BCUT2D eigenvalue weighted by Gasteiger charge is -2.04. The molecule has 0 aliphatic heterocycles. The molecular weight excluding hydrogens is 369 g/mol. The van der Waals surface area contributed by atoms with Crippen molar-refractivity contribution in [3.8, 4) is 11.3 Å². The highest BCUT2D eigenvalue weighted by molar-refractivity contribution is 6.30. The normalized spacial score (nSPS) is 10.0. The van der Waals surface area contributed by atoms with Crippen LogP contribution in [0.4, 0.5) is 0 Å². The second kappa shape index (κ2) is 10.4. The van der Waals surface area contributed by atoms with Gasteiger partial charge >= 0.3 is 0 Å². The molecule has 3 rings (SSSR count). The Morgan fingerprint density at radius 1 is 1.17 bits per heavy atom.